The van der Waals surface area contributed by atoms with Gasteiger partial charge in [0.15, 0.2) is 0 Å². The van der Waals surface area contributed by atoms with E-state index in [4.69, 9.17) is 4.74 Å². The zero-order valence-corrected chi connectivity index (χ0v) is 19.5. The summed E-state index contributed by atoms with van der Waals surface area (Å²) in [6.45, 7) is 3.74. The fourth-order valence-electron chi connectivity index (χ4n) is 4.24. The predicted molar refractivity (Wildman–Crippen MR) is 127 cm³/mol. The first kappa shape index (κ1) is 23.5. The van der Waals surface area contributed by atoms with E-state index in [1.165, 1.54) is 12.1 Å². The fourth-order valence-corrected chi connectivity index (χ4v) is 4.24. The first-order chi connectivity index (χ1) is 16.4. The quantitative estimate of drug-likeness (QED) is 0.580. The summed E-state index contributed by atoms with van der Waals surface area (Å²) in [5.74, 6) is 0.417. The normalized spacial score (nSPS) is 14.1. The number of aryl methyl sites for hydroxylation is 1. The van der Waals surface area contributed by atoms with Crippen molar-refractivity contribution in [2.24, 2.45) is 5.92 Å². The molecule has 8 heteroatoms. The minimum atomic E-state index is -0.330. The molecule has 0 bridgehead atoms. The number of carbonyl (C=O) groups excluding carboxylic acids is 2. The molecule has 0 aliphatic carbocycles. The van der Waals surface area contributed by atoms with Crippen LogP contribution >= 0.6 is 0 Å². The van der Waals surface area contributed by atoms with Gasteiger partial charge in [-0.25, -0.2) is 9.37 Å². The number of aromatic nitrogens is 2. The Balaban J connectivity index is 1.27. The molecule has 1 aliphatic heterocycles. The maximum absolute atomic E-state index is 13.4. The number of imidazole rings is 1. The molecule has 0 unspecified atom stereocenters. The first-order valence-electron chi connectivity index (χ1n) is 11.4. The highest BCUT2D eigenvalue weighted by Gasteiger charge is 2.23. The lowest BCUT2D eigenvalue weighted by atomic mass is 9.96. The third-order valence-corrected chi connectivity index (χ3v) is 6.19. The highest BCUT2D eigenvalue weighted by molar-refractivity contribution is 5.95. The Morgan fingerprint density at radius 1 is 1.18 bits per heavy atom. The van der Waals surface area contributed by atoms with Gasteiger partial charge in [-0.05, 0) is 61.6 Å². The number of ether oxygens (including phenoxy) is 1. The summed E-state index contributed by atoms with van der Waals surface area (Å²) in [6.07, 6.45) is 5.44. The molecular weight excluding hydrogens is 435 g/mol. The summed E-state index contributed by atoms with van der Waals surface area (Å²) in [7, 11) is 1.58. The second-order valence-electron chi connectivity index (χ2n) is 8.65. The van der Waals surface area contributed by atoms with E-state index < -0.39 is 0 Å². The maximum Gasteiger partial charge on any atom is 0.251 e. The molecule has 3 aromatic rings. The van der Waals surface area contributed by atoms with Crippen molar-refractivity contribution in [1.29, 1.82) is 0 Å². The minimum absolute atomic E-state index is 0.00774. The van der Waals surface area contributed by atoms with Crippen molar-refractivity contribution >= 4 is 11.8 Å². The molecule has 0 atom stereocenters. The maximum atomic E-state index is 13.4. The molecule has 1 aliphatic rings. The van der Waals surface area contributed by atoms with Crippen LogP contribution in [0.2, 0.25) is 0 Å². The van der Waals surface area contributed by atoms with E-state index in [9.17, 15) is 14.0 Å². The van der Waals surface area contributed by atoms with Gasteiger partial charge in [0.1, 0.15) is 11.6 Å². The van der Waals surface area contributed by atoms with E-state index in [-0.39, 0.29) is 24.1 Å². The molecule has 2 amide bonds. The first-order valence-corrected chi connectivity index (χ1v) is 11.4. The summed E-state index contributed by atoms with van der Waals surface area (Å²) in [6, 6.07) is 11.5. The van der Waals surface area contributed by atoms with Gasteiger partial charge in [-0.2, -0.15) is 0 Å². The number of carbonyl (C=O) groups is 2. The molecule has 1 N–H and O–H groups in total. The van der Waals surface area contributed by atoms with E-state index in [1.54, 1.807) is 37.7 Å². The van der Waals surface area contributed by atoms with Crippen molar-refractivity contribution in [2.75, 3.05) is 26.7 Å². The Bertz CT molecular complexity index is 1170. The summed E-state index contributed by atoms with van der Waals surface area (Å²) >= 11 is 0. The molecule has 0 radical (unpaired) electrons. The zero-order valence-electron chi connectivity index (χ0n) is 19.5. The molecule has 4 rings (SSSR count). The third kappa shape index (κ3) is 5.62. The molecule has 0 saturated carbocycles. The van der Waals surface area contributed by atoms with Crippen molar-refractivity contribution < 1.29 is 18.7 Å². The highest BCUT2D eigenvalue weighted by atomic mass is 19.1. The smallest absolute Gasteiger partial charge is 0.251 e. The fraction of sp³-hybridized carbons (Fsp3) is 0.346. The molecule has 2 aromatic carbocycles. The van der Waals surface area contributed by atoms with Crippen LogP contribution in [0, 0.1) is 18.7 Å². The molecule has 178 valence electrons. The summed E-state index contributed by atoms with van der Waals surface area (Å²) in [5.41, 5.74) is 2.92. The van der Waals surface area contributed by atoms with Crippen molar-refractivity contribution in [2.45, 2.75) is 26.2 Å². The van der Waals surface area contributed by atoms with Crippen LogP contribution in [0.1, 0.15) is 34.5 Å². The van der Waals surface area contributed by atoms with Gasteiger partial charge in [0.05, 0.1) is 31.2 Å². The number of benzene rings is 2. The zero-order chi connectivity index (χ0) is 24.1. The number of methoxy groups -OCH3 is 1. The largest absolute Gasteiger partial charge is 0.495 e. The molecule has 1 fully saturated rings. The summed E-state index contributed by atoms with van der Waals surface area (Å²) < 4.78 is 20.7. The summed E-state index contributed by atoms with van der Waals surface area (Å²) in [4.78, 5) is 31.3. The Morgan fingerprint density at radius 2 is 1.97 bits per heavy atom. The van der Waals surface area contributed by atoms with Crippen LogP contribution < -0.4 is 10.1 Å². The minimum Gasteiger partial charge on any atom is -0.495 e. The third-order valence-electron chi connectivity index (χ3n) is 6.19. The number of nitrogens with zero attached hydrogens (tertiary/aromatic N) is 3. The van der Waals surface area contributed by atoms with Gasteiger partial charge in [0, 0.05) is 31.4 Å². The number of amides is 2. The lowest BCUT2D eigenvalue weighted by Gasteiger charge is -2.32. The number of hydrogen-bond acceptors (Lipinski definition) is 4. The average Bonchev–Trinajstić information content (AvgIpc) is 3.28. The second kappa shape index (κ2) is 10.5. The van der Waals surface area contributed by atoms with Crippen LogP contribution in [0.15, 0.2) is 55.0 Å². The number of nitrogens with one attached hydrogen (secondary N) is 1. The molecule has 2 heterocycles. The van der Waals surface area contributed by atoms with Gasteiger partial charge < -0.3 is 19.5 Å². The van der Waals surface area contributed by atoms with Crippen molar-refractivity contribution in [1.82, 2.24) is 19.8 Å². The van der Waals surface area contributed by atoms with E-state index >= 15 is 0 Å². The summed E-state index contributed by atoms with van der Waals surface area (Å²) in [5, 5.41) is 3.01. The van der Waals surface area contributed by atoms with Gasteiger partial charge in [0.25, 0.3) is 5.91 Å². The lowest BCUT2D eigenvalue weighted by molar-refractivity contribution is -0.131. The SMILES string of the molecule is COc1cc(C(=O)NCC2CCN(C(=O)Cc3cccc(F)c3)CC2)ccc1-n1cnc(C)c1. The van der Waals surface area contributed by atoms with Crippen LogP contribution in [0.4, 0.5) is 4.39 Å². The molecule has 1 aromatic heterocycles. The Labute approximate surface area is 198 Å². The molecule has 0 spiro atoms. The van der Waals surface area contributed by atoms with Gasteiger partial charge in [-0.15, -0.1) is 0 Å². The number of piperidine rings is 1. The van der Waals surface area contributed by atoms with E-state index in [2.05, 4.69) is 10.3 Å². The Hall–Kier alpha value is -3.68. The van der Waals surface area contributed by atoms with Crippen LogP contribution in [-0.2, 0) is 11.2 Å². The van der Waals surface area contributed by atoms with E-state index in [0.717, 1.165) is 24.2 Å². The Morgan fingerprint density at radius 3 is 2.65 bits per heavy atom. The lowest BCUT2D eigenvalue weighted by Crippen LogP contribution is -2.42. The predicted octanol–water partition coefficient (Wildman–Crippen LogP) is 3.54. The topological polar surface area (TPSA) is 76.5 Å². The van der Waals surface area contributed by atoms with Crippen LogP contribution in [0.25, 0.3) is 5.69 Å². The standard InChI is InChI=1S/C26H29FN4O3/c1-18-16-31(17-29-18)23-7-6-21(14-24(23)34-2)26(33)28-15-19-8-10-30(11-9-19)25(32)13-20-4-3-5-22(27)12-20/h3-7,12,14,16-17,19H,8-11,13,15H2,1-2H3,(H,28,33). The van der Waals surface area contributed by atoms with Crippen molar-refractivity contribution in [3.8, 4) is 11.4 Å². The van der Waals surface area contributed by atoms with Crippen LogP contribution in [0.3, 0.4) is 0 Å². The van der Waals surface area contributed by atoms with Crippen LogP contribution in [-0.4, -0.2) is 53.0 Å². The highest BCUT2D eigenvalue weighted by Crippen LogP contribution is 2.25. The molecule has 34 heavy (non-hydrogen) atoms. The number of rotatable bonds is 7. The van der Waals surface area contributed by atoms with Gasteiger partial charge in [-0.1, -0.05) is 12.1 Å². The van der Waals surface area contributed by atoms with Crippen molar-refractivity contribution in [3.63, 3.8) is 0 Å². The van der Waals surface area contributed by atoms with Gasteiger partial charge >= 0.3 is 0 Å². The average molecular weight is 465 g/mol. The number of likely N-dealkylation sites (tertiary alicyclic amines) is 1. The van der Waals surface area contributed by atoms with Gasteiger partial charge in [0.2, 0.25) is 5.91 Å². The van der Waals surface area contributed by atoms with E-state index in [1.807, 2.05) is 28.7 Å². The monoisotopic (exact) mass is 464 g/mol. The molecule has 7 nitrogen and oxygen atoms in total. The van der Waals surface area contributed by atoms with Gasteiger partial charge in [-0.3, -0.25) is 9.59 Å². The molecule has 1 saturated heterocycles. The number of halogens is 1. The Kier molecular flexibility index (Phi) is 7.25. The van der Waals surface area contributed by atoms with Crippen molar-refractivity contribution in [3.05, 3.63) is 77.6 Å². The second-order valence-corrected chi connectivity index (χ2v) is 8.65. The van der Waals surface area contributed by atoms with E-state index in [0.29, 0.717) is 42.4 Å². The molecular formula is C26H29FN4O3. The van der Waals surface area contributed by atoms with Crippen LogP contribution in [0.5, 0.6) is 5.75 Å². The number of hydrogen-bond donors (Lipinski definition) is 1.